The van der Waals surface area contributed by atoms with Gasteiger partial charge in [0.25, 0.3) is 5.91 Å². The molecule has 4 N–H and O–H groups in total. The summed E-state index contributed by atoms with van der Waals surface area (Å²) < 4.78 is 24.2. The Bertz CT molecular complexity index is 596. The van der Waals surface area contributed by atoms with E-state index in [0.717, 1.165) is 6.26 Å². The smallest absolute Gasteiger partial charge is 0.334 e. The quantitative estimate of drug-likeness (QED) is 0.545. The number of hydrogen-bond donors (Lipinski definition) is 4. The molecule has 20 heavy (non-hydrogen) atoms. The lowest BCUT2D eigenvalue weighted by Crippen LogP contribution is -2.36. The molecule has 0 aliphatic heterocycles. The van der Waals surface area contributed by atoms with Gasteiger partial charge < -0.3 is 15.5 Å². The number of hydrogen-bond acceptors (Lipinski definition) is 5. The molecule has 0 aromatic heterocycles. The Balaban J connectivity index is 2.64. The number of anilines is 1. The molecule has 9 heteroatoms. The van der Waals surface area contributed by atoms with Crippen molar-refractivity contribution in [1.29, 1.82) is 0 Å². The zero-order chi connectivity index (χ0) is 15.3. The molecule has 0 spiro atoms. The molecule has 1 atom stereocenters. The molecule has 0 saturated carbocycles. The van der Waals surface area contributed by atoms with Gasteiger partial charge in [0, 0.05) is 11.3 Å². The molecule has 0 fully saturated rings. The largest absolute Gasteiger partial charge is 0.479 e. The topological polar surface area (TPSA) is 133 Å². The third-order valence-corrected chi connectivity index (χ3v) is 2.80. The normalized spacial score (nSPS) is 12.5. The van der Waals surface area contributed by atoms with E-state index in [-0.39, 0.29) is 5.56 Å². The molecule has 1 unspecified atom stereocenters. The molecule has 1 amide bonds. The summed E-state index contributed by atoms with van der Waals surface area (Å²) in [6.07, 6.45) is -0.675. The van der Waals surface area contributed by atoms with Crippen LogP contribution >= 0.6 is 0 Å². The Labute approximate surface area is 115 Å². The van der Waals surface area contributed by atoms with Gasteiger partial charge in [0.15, 0.2) is 6.10 Å². The van der Waals surface area contributed by atoms with Gasteiger partial charge in [-0.15, -0.1) is 0 Å². The number of amides is 1. The fourth-order valence-electron chi connectivity index (χ4n) is 1.28. The van der Waals surface area contributed by atoms with Crippen molar-refractivity contribution in [3.63, 3.8) is 0 Å². The van der Waals surface area contributed by atoms with Crippen LogP contribution in [0.15, 0.2) is 24.3 Å². The maximum atomic E-state index is 11.6. The summed E-state index contributed by atoms with van der Waals surface area (Å²) in [6, 6.07) is 5.53. The molecule has 110 valence electrons. The average molecular weight is 302 g/mol. The minimum absolute atomic E-state index is 0.210. The van der Waals surface area contributed by atoms with Crippen LogP contribution in [0.4, 0.5) is 5.69 Å². The summed E-state index contributed by atoms with van der Waals surface area (Å²) in [6.45, 7) is -0.419. The van der Waals surface area contributed by atoms with Gasteiger partial charge in [-0.1, -0.05) is 0 Å². The maximum Gasteiger partial charge on any atom is 0.334 e. The Kier molecular flexibility index (Phi) is 5.06. The molecule has 1 aromatic rings. The first-order chi connectivity index (χ1) is 9.19. The van der Waals surface area contributed by atoms with E-state index < -0.39 is 34.5 Å². The van der Waals surface area contributed by atoms with Crippen molar-refractivity contribution < 1.29 is 28.2 Å². The molecule has 0 aliphatic carbocycles. The van der Waals surface area contributed by atoms with Crippen molar-refractivity contribution >= 4 is 27.6 Å². The van der Waals surface area contributed by atoms with E-state index >= 15 is 0 Å². The van der Waals surface area contributed by atoms with Crippen LogP contribution in [0.5, 0.6) is 0 Å². The predicted octanol–water partition coefficient (Wildman–Crippen LogP) is -0.767. The second-order valence-corrected chi connectivity index (χ2v) is 5.76. The van der Waals surface area contributed by atoms with Gasteiger partial charge >= 0.3 is 5.97 Å². The van der Waals surface area contributed by atoms with Crippen LogP contribution in [0, 0.1) is 0 Å². The third kappa shape index (κ3) is 5.24. The second-order valence-electron chi connectivity index (χ2n) is 4.02. The minimum Gasteiger partial charge on any atom is -0.479 e. The van der Waals surface area contributed by atoms with Gasteiger partial charge in [0.1, 0.15) is 0 Å². The van der Waals surface area contributed by atoms with E-state index in [1.54, 1.807) is 0 Å². The molecular formula is C11H14N2O6S. The second kappa shape index (κ2) is 6.35. The third-order valence-electron chi connectivity index (χ3n) is 2.19. The maximum absolute atomic E-state index is 11.6. The summed E-state index contributed by atoms with van der Waals surface area (Å²) in [5.74, 6) is -2.01. The summed E-state index contributed by atoms with van der Waals surface area (Å²) >= 11 is 0. The van der Waals surface area contributed by atoms with Crippen molar-refractivity contribution in [2.24, 2.45) is 0 Å². The number of benzene rings is 1. The van der Waals surface area contributed by atoms with E-state index in [1.165, 1.54) is 24.3 Å². The van der Waals surface area contributed by atoms with Crippen molar-refractivity contribution in [2.75, 3.05) is 17.5 Å². The molecular weight excluding hydrogens is 288 g/mol. The first kappa shape index (κ1) is 15.9. The fraction of sp³-hybridized carbons (Fsp3) is 0.273. The lowest BCUT2D eigenvalue weighted by atomic mass is 10.2. The fourth-order valence-corrected chi connectivity index (χ4v) is 1.85. The monoisotopic (exact) mass is 302 g/mol. The van der Waals surface area contributed by atoms with Crippen molar-refractivity contribution in [2.45, 2.75) is 6.10 Å². The van der Waals surface area contributed by atoms with Crippen LogP contribution in [0.2, 0.25) is 0 Å². The standard InChI is InChI=1S/C11H14N2O6S/c1-20(18,19)13-8-4-2-7(3-5-8)10(15)12-6-9(14)11(16)17/h2-5,9,13-14H,6H2,1H3,(H,12,15)(H,16,17). The van der Waals surface area contributed by atoms with E-state index in [4.69, 9.17) is 10.2 Å². The Morgan fingerprint density at radius 3 is 2.25 bits per heavy atom. The summed E-state index contributed by atoms with van der Waals surface area (Å²) in [5.41, 5.74) is 0.510. The highest BCUT2D eigenvalue weighted by Gasteiger charge is 2.14. The van der Waals surface area contributed by atoms with Crippen molar-refractivity contribution in [3.05, 3.63) is 29.8 Å². The zero-order valence-corrected chi connectivity index (χ0v) is 11.3. The number of sulfonamides is 1. The number of carboxylic acid groups (broad SMARTS) is 1. The molecule has 0 heterocycles. The van der Waals surface area contributed by atoms with E-state index in [1.807, 2.05) is 0 Å². The van der Waals surface area contributed by atoms with E-state index in [2.05, 4.69) is 10.0 Å². The van der Waals surface area contributed by atoms with Gasteiger partial charge in [-0.3, -0.25) is 9.52 Å². The predicted molar refractivity (Wildman–Crippen MR) is 70.9 cm³/mol. The molecule has 0 radical (unpaired) electrons. The van der Waals surface area contributed by atoms with Gasteiger partial charge in [0.05, 0.1) is 12.8 Å². The number of aliphatic hydroxyl groups excluding tert-OH is 1. The zero-order valence-electron chi connectivity index (χ0n) is 10.5. The average Bonchev–Trinajstić information content (AvgIpc) is 2.34. The molecule has 1 rings (SSSR count). The van der Waals surface area contributed by atoms with Gasteiger partial charge in [-0.25, -0.2) is 13.2 Å². The number of aliphatic hydroxyl groups is 1. The van der Waals surface area contributed by atoms with Crippen LogP contribution in [0.25, 0.3) is 0 Å². The number of aliphatic carboxylic acids is 1. The number of carbonyl (C=O) groups is 2. The van der Waals surface area contributed by atoms with Crippen LogP contribution in [-0.2, 0) is 14.8 Å². The van der Waals surface area contributed by atoms with Crippen molar-refractivity contribution in [3.8, 4) is 0 Å². The van der Waals surface area contributed by atoms with Gasteiger partial charge in [0.2, 0.25) is 10.0 Å². The first-order valence-corrected chi connectivity index (χ1v) is 7.35. The first-order valence-electron chi connectivity index (χ1n) is 5.46. The van der Waals surface area contributed by atoms with E-state index in [0.29, 0.717) is 5.69 Å². The van der Waals surface area contributed by atoms with Crippen LogP contribution in [0.3, 0.4) is 0 Å². The lowest BCUT2D eigenvalue weighted by molar-refractivity contribution is -0.146. The number of rotatable bonds is 6. The number of nitrogens with one attached hydrogen (secondary N) is 2. The molecule has 0 aliphatic rings. The number of carboxylic acids is 1. The molecule has 0 bridgehead atoms. The molecule has 8 nitrogen and oxygen atoms in total. The summed E-state index contributed by atoms with van der Waals surface area (Å²) in [7, 11) is -3.39. The van der Waals surface area contributed by atoms with Crippen LogP contribution < -0.4 is 10.0 Å². The Morgan fingerprint density at radius 2 is 1.80 bits per heavy atom. The lowest BCUT2D eigenvalue weighted by Gasteiger charge is -2.08. The highest BCUT2D eigenvalue weighted by Crippen LogP contribution is 2.10. The minimum atomic E-state index is -3.39. The SMILES string of the molecule is CS(=O)(=O)Nc1ccc(C(=O)NCC(O)C(=O)O)cc1. The summed E-state index contributed by atoms with van der Waals surface area (Å²) in [4.78, 5) is 22.0. The van der Waals surface area contributed by atoms with Crippen LogP contribution in [-0.4, -0.2) is 49.4 Å². The van der Waals surface area contributed by atoms with Crippen LogP contribution in [0.1, 0.15) is 10.4 Å². The highest BCUT2D eigenvalue weighted by molar-refractivity contribution is 7.92. The number of carbonyl (C=O) groups excluding carboxylic acids is 1. The van der Waals surface area contributed by atoms with Gasteiger partial charge in [-0.2, -0.15) is 0 Å². The molecule has 1 aromatic carbocycles. The molecule has 0 saturated heterocycles. The Morgan fingerprint density at radius 1 is 1.25 bits per heavy atom. The van der Waals surface area contributed by atoms with E-state index in [9.17, 15) is 18.0 Å². The van der Waals surface area contributed by atoms with Crippen molar-refractivity contribution in [1.82, 2.24) is 5.32 Å². The summed E-state index contributed by atoms with van der Waals surface area (Å²) in [5, 5.41) is 19.7. The highest BCUT2D eigenvalue weighted by atomic mass is 32.2. The Hall–Kier alpha value is -2.13. The van der Waals surface area contributed by atoms with Gasteiger partial charge in [-0.05, 0) is 24.3 Å².